The molecule has 0 saturated carbocycles. The maximum absolute atomic E-state index is 12.9. The zero-order valence-electron chi connectivity index (χ0n) is 19.3. The maximum atomic E-state index is 12.9. The Kier molecular flexibility index (Phi) is 9.13. The van der Waals surface area contributed by atoms with Crippen molar-refractivity contribution >= 4 is 52.0 Å². The van der Waals surface area contributed by atoms with E-state index in [2.05, 4.69) is 21.8 Å². The number of rotatable bonds is 9. The van der Waals surface area contributed by atoms with Gasteiger partial charge in [-0.25, -0.2) is 5.43 Å². The van der Waals surface area contributed by atoms with E-state index in [0.29, 0.717) is 22.8 Å². The lowest BCUT2D eigenvalue weighted by Crippen LogP contribution is -2.46. The molecule has 35 heavy (non-hydrogen) atoms. The van der Waals surface area contributed by atoms with Gasteiger partial charge in [0.15, 0.2) is 0 Å². The number of hydrogen-bond donors (Lipinski definition) is 2. The van der Waals surface area contributed by atoms with Crippen LogP contribution >= 0.6 is 23.2 Å². The molecule has 0 fully saturated rings. The molecular weight excluding hydrogens is 485 g/mol. The minimum atomic E-state index is -0.823. The van der Waals surface area contributed by atoms with Crippen LogP contribution in [0.2, 0.25) is 10.0 Å². The molecule has 0 radical (unpaired) electrons. The summed E-state index contributed by atoms with van der Waals surface area (Å²) in [7, 11) is 0. The molecule has 0 spiro atoms. The molecule has 0 aromatic heterocycles. The van der Waals surface area contributed by atoms with Crippen molar-refractivity contribution in [1.29, 1.82) is 0 Å². The number of fused-ring (bicyclic) bond motifs is 1. The van der Waals surface area contributed by atoms with Crippen LogP contribution in [0.4, 0.5) is 0 Å². The first-order valence-electron chi connectivity index (χ1n) is 11.0. The Morgan fingerprint density at radius 1 is 1.14 bits per heavy atom. The summed E-state index contributed by atoms with van der Waals surface area (Å²) in [6, 6.07) is 15.2. The van der Waals surface area contributed by atoms with Gasteiger partial charge in [-0.1, -0.05) is 73.3 Å². The fourth-order valence-electron chi connectivity index (χ4n) is 3.50. The number of terminal acetylenes is 1. The van der Waals surface area contributed by atoms with E-state index >= 15 is 0 Å². The lowest BCUT2D eigenvalue weighted by molar-refractivity contribution is -0.123. The van der Waals surface area contributed by atoms with Gasteiger partial charge in [0.1, 0.15) is 18.4 Å². The topological polar surface area (TPSA) is 79.8 Å². The average Bonchev–Trinajstić information content (AvgIpc) is 2.82. The molecule has 0 aliphatic carbocycles. The van der Waals surface area contributed by atoms with Gasteiger partial charge in [-0.15, -0.1) is 6.42 Å². The summed E-state index contributed by atoms with van der Waals surface area (Å²) in [6.45, 7) is 4.01. The number of hydrogen-bond acceptors (Lipinski definition) is 4. The van der Waals surface area contributed by atoms with Crippen LogP contribution in [-0.4, -0.2) is 30.7 Å². The highest BCUT2D eigenvalue weighted by molar-refractivity contribution is 6.36. The lowest BCUT2D eigenvalue weighted by Gasteiger charge is -2.19. The van der Waals surface area contributed by atoms with Gasteiger partial charge in [-0.05, 0) is 47.4 Å². The third-order valence-electron chi connectivity index (χ3n) is 5.11. The molecule has 2 N–H and O–H groups in total. The molecule has 180 valence electrons. The second-order valence-electron chi connectivity index (χ2n) is 8.21. The summed E-state index contributed by atoms with van der Waals surface area (Å²) >= 11 is 12.1. The number of ether oxygens (including phenoxy) is 1. The third-order valence-corrected chi connectivity index (χ3v) is 5.66. The van der Waals surface area contributed by atoms with Crippen molar-refractivity contribution < 1.29 is 14.3 Å². The van der Waals surface area contributed by atoms with Crippen LogP contribution in [0.5, 0.6) is 5.75 Å². The number of carbonyl (C=O) groups excluding carboxylic acids is 2. The molecular formula is C27H25Cl2N3O3. The number of carbonyl (C=O) groups is 2. The molecule has 6 nitrogen and oxygen atoms in total. The van der Waals surface area contributed by atoms with Crippen molar-refractivity contribution in [2.75, 3.05) is 6.61 Å². The molecule has 0 heterocycles. The first-order chi connectivity index (χ1) is 16.8. The second kappa shape index (κ2) is 12.3. The fraction of sp³-hybridized carbons (Fsp3) is 0.222. The van der Waals surface area contributed by atoms with Crippen LogP contribution in [-0.2, 0) is 4.79 Å². The van der Waals surface area contributed by atoms with E-state index in [1.54, 1.807) is 12.1 Å². The summed E-state index contributed by atoms with van der Waals surface area (Å²) in [5, 5.41) is 9.38. The first-order valence-corrected chi connectivity index (χ1v) is 11.7. The monoisotopic (exact) mass is 509 g/mol. The molecule has 0 unspecified atom stereocenters. The number of amides is 2. The standard InChI is InChI=1S/C27H25Cl2N3O3/c1-4-13-35-25-12-9-18-7-5-6-8-20(18)22(25)16-30-32-27(34)24(14-17(2)3)31-26(33)21-11-10-19(28)15-23(21)29/h1,5-12,15-17,24H,13-14H2,2-3H3,(H,31,33)(H,32,34)/b30-16-/t24-/m0/s1. The third kappa shape index (κ3) is 6.98. The van der Waals surface area contributed by atoms with Gasteiger partial charge in [0.05, 0.1) is 16.8 Å². The minimum absolute atomic E-state index is 0.0985. The van der Waals surface area contributed by atoms with Crippen molar-refractivity contribution in [1.82, 2.24) is 10.7 Å². The normalized spacial score (nSPS) is 11.9. The van der Waals surface area contributed by atoms with Crippen molar-refractivity contribution in [2.45, 2.75) is 26.3 Å². The van der Waals surface area contributed by atoms with Gasteiger partial charge < -0.3 is 10.1 Å². The first kappa shape index (κ1) is 26.1. The van der Waals surface area contributed by atoms with Gasteiger partial charge in [-0.3, -0.25) is 9.59 Å². The van der Waals surface area contributed by atoms with Crippen molar-refractivity contribution in [2.24, 2.45) is 11.0 Å². The van der Waals surface area contributed by atoms with Gasteiger partial charge >= 0.3 is 0 Å². The van der Waals surface area contributed by atoms with Gasteiger partial charge in [0.2, 0.25) is 0 Å². The molecule has 2 amide bonds. The van der Waals surface area contributed by atoms with Crippen LogP contribution in [0.3, 0.4) is 0 Å². The SMILES string of the molecule is C#CCOc1ccc2ccccc2c1/C=N\NC(=O)[C@H](CC(C)C)NC(=O)c1ccc(Cl)cc1Cl. The van der Waals surface area contributed by atoms with Crippen LogP contribution in [0, 0.1) is 18.3 Å². The highest BCUT2D eigenvalue weighted by Crippen LogP contribution is 2.27. The second-order valence-corrected chi connectivity index (χ2v) is 9.05. The van der Waals surface area contributed by atoms with Gasteiger partial charge in [0.25, 0.3) is 11.8 Å². The van der Waals surface area contributed by atoms with E-state index in [-0.39, 0.29) is 23.1 Å². The Hall–Kier alpha value is -3.53. The highest BCUT2D eigenvalue weighted by atomic mass is 35.5. The van der Waals surface area contributed by atoms with E-state index in [1.165, 1.54) is 18.3 Å². The van der Waals surface area contributed by atoms with E-state index in [9.17, 15) is 9.59 Å². The smallest absolute Gasteiger partial charge is 0.262 e. The number of benzene rings is 3. The Labute approximate surface area is 214 Å². The molecule has 3 aromatic carbocycles. The summed E-state index contributed by atoms with van der Waals surface area (Å²) in [5.74, 6) is 2.19. The Morgan fingerprint density at radius 3 is 2.63 bits per heavy atom. The number of nitrogens with one attached hydrogen (secondary N) is 2. The fourth-order valence-corrected chi connectivity index (χ4v) is 4.00. The highest BCUT2D eigenvalue weighted by Gasteiger charge is 2.23. The van der Waals surface area contributed by atoms with E-state index in [0.717, 1.165) is 10.8 Å². The molecule has 3 aromatic rings. The number of hydrazone groups is 1. The molecule has 0 bridgehead atoms. The molecule has 8 heteroatoms. The van der Waals surface area contributed by atoms with Crippen LogP contribution < -0.4 is 15.5 Å². The summed E-state index contributed by atoms with van der Waals surface area (Å²) < 4.78 is 5.65. The van der Waals surface area contributed by atoms with Crippen LogP contribution in [0.25, 0.3) is 10.8 Å². The summed E-state index contributed by atoms with van der Waals surface area (Å²) in [6.07, 6.45) is 7.25. The van der Waals surface area contributed by atoms with E-state index < -0.39 is 17.9 Å². The van der Waals surface area contributed by atoms with Crippen molar-refractivity contribution in [3.05, 3.63) is 75.8 Å². The molecule has 0 saturated heterocycles. The molecule has 0 aliphatic heterocycles. The summed E-state index contributed by atoms with van der Waals surface area (Å²) in [4.78, 5) is 25.7. The molecule has 0 aliphatic rings. The molecule has 1 atom stereocenters. The minimum Gasteiger partial charge on any atom is -0.480 e. The predicted molar refractivity (Wildman–Crippen MR) is 141 cm³/mol. The maximum Gasteiger partial charge on any atom is 0.262 e. The molecule has 3 rings (SSSR count). The quantitative estimate of drug-likeness (QED) is 0.228. The van der Waals surface area contributed by atoms with Crippen molar-refractivity contribution in [3.63, 3.8) is 0 Å². The van der Waals surface area contributed by atoms with Crippen LogP contribution in [0.1, 0.15) is 36.2 Å². The zero-order chi connectivity index (χ0) is 25.4. The average molecular weight is 510 g/mol. The Morgan fingerprint density at radius 2 is 1.91 bits per heavy atom. The van der Waals surface area contributed by atoms with Gasteiger partial charge in [-0.2, -0.15) is 5.10 Å². The van der Waals surface area contributed by atoms with Gasteiger partial charge in [0, 0.05) is 10.6 Å². The van der Waals surface area contributed by atoms with Crippen LogP contribution in [0.15, 0.2) is 59.7 Å². The summed E-state index contributed by atoms with van der Waals surface area (Å²) in [5.41, 5.74) is 3.44. The van der Waals surface area contributed by atoms with E-state index in [4.69, 9.17) is 34.4 Å². The van der Waals surface area contributed by atoms with Crippen molar-refractivity contribution in [3.8, 4) is 18.1 Å². The largest absolute Gasteiger partial charge is 0.480 e. The lowest BCUT2D eigenvalue weighted by atomic mass is 10.0. The number of halogens is 2. The van der Waals surface area contributed by atoms with E-state index in [1.807, 2.05) is 44.2 Å². The zero-order valence-corrected chi connectivity index (χ0v) is 20.9. The number of nitrogens with zero attached hydrogens (tertiary/aromatic N) is 1. The predicted octanol–water partition coefficient (Wildman–Crippen LogP) is 5.45. The Bertz CT molecular complexity index is 1300. The Balaban J connectivity index is 1.80.